The number of halogens is 1. The highest BCUT2D eigenvalue weighted by atomic mass is 35.5. The summed E-state index contributed by atoms with van der Waals surface area (Å²) < 4.78 is 0. The van der Waals surface area contributed by atoms with Crippen molar-refractivity contribution in [3.63, 3.8) is 0 Å². The van der Waals surface area contributed by atoms with Crippen LogP contribution >= 0.6 is 11.6 Å². The van der Waals surface area contributed by atoms with Crippen LogP contribution in [0, 0.1) is 20.8 Å². The molecule has 2 aromatic carbocycles. The minimum absolute atomic E-state index is 0.0353. The van der Waals surface area contributed by atoms with Crippen molar-refractivity contribution in [2.45, 2.75) is 33.6 Å². The van der Waals surface area contributed by atoms with Crippen LogP contribution in [-0.2, 0) is 4.79 Å². The third-order valence-electron chi connectivity index (χ3n) is 3.65. The van der Waals surface area contributed by atoms with E-state index in [1.54, 1.807) is 12.1 Å². The molecule has 0 saturated carbocycles. The van der Waals surface area contributed by atoms with Gasteiger partial charge in [0.1, 0.15) is 0 Å². The summed E-state index contributed by atoms with van der Waals surface area (Å²) in [5.74, 6) is -0.244. The number of Topliss-reactive ketones (excluding diaryl/α,β-unsaturated/α-hetero) is 1. The highest BCUT2D eigenvalue weighted by Gasteiger charge is 2.12. The number of nitrogens with one attached hydrogen (secondary N) is 1. The Morgan fingerprint density at radius 2 is 1.61 bits per heavy atom. The van der Waals surface area contributed by atoms with E-state index in [1.807, 2.05) is 45.0 Å². The van der Waals surface area contributed by atoms with Crippen molar-refractivity contribution in [1.29, 1.82) is 0 Å². The number of carbonyl (C=O) groups is 2. The number of hydrogen-bond acceptors (Lipinski definition) is 2. The SMILES string of the molecule is Cc1ccc(C(=O)CCC(=O)Nc2c(C)cc(C)cc2Cl)cc1. The molecule has 0 aliphatic carbocycles. The van der Waals surface area contributed by atoms with E-state index in [1.165, 1.54) is 0 Å². The average Bonchev–Trinajstić information content (AvgIpc) is 2.49. The maximum absolute atomic E-state index is 12.1. The summed E-state index contributed by atoms with van der Waals surface area (Å²) in [6, 6.07) is 11.1. The van der Waals surface area contributed by atoms with Gasteiger partial charge in [0.2, 0.25) is 5.91 Å². The number of ketones is 1. The molecular formula is C19H20ClNO2. The van der Waals surface area contributed by atoms with Crippen LogP contribution in [0.15, 0.2) is 36.4 Å². The first-order valence-electron chi connectivity index (χ1n) is 7.53. The third kappa shape index (κ3) is 4.67. The van der Waals surface area contributed by atoms with Gasteiger partial charge in [0, 0.05) is 18.4 Å². The molecule has 0 saturated heterocycles. The van der Waals surface area contributed by atoms with Gasteiger partial charge in [-0.15, -0.1) is 0 Å². The summed E-state index contributed by atoms with van der Waals surface area (Å²) in [7, 11) is 0. The Bertz CT molecular complexity index is 713. The third-order valence-corrected chi connectivity index (χ3v) is 3.95. The normalized spacial score (nSPS) is 10.4. The fourth-order valence-electron chi connectivity index (χ4n) is 2.39. The van der Waals surface area contributed by atoms with Gasteiger partial charge in [0.05, 0.1) is 10.7 Å². The molecule has 0 fully saturated rings. The van der Waals surface area contributed by atoms with Crippen molar-refractivity contribution < 1.29 is 9.59 Å². The van der Waals surface area contributed by atoms with Gasteiger partial charge in [0.15, 0.2) is 5.78 Å². The highest BCUT2D eigenvalue weighted by Crippen LogP contribution is 2.27. The van der Waals surface area contributed by atoms with Gasteiger partial charge in [-0.05, 0) is 38.0 Å². The zero-order valence-electron chi connectivity index (χ0n) is 13.6. The Hall–Kier alpha value is -2.13. The minimum atomic E-state index is -0.209. The van der Waals surface area contributed by atoms with Crippen LogP contribution in [0.5, 0.6) is 0 Å². The number of amides is 1. The van der Waals surface area contributed by atoms with Gasteiger partial charge in [-0.2, -0.15) is 0 Å². The van der Waals surface area contributed by atoms with Crippen LogP contribution in [0.25, 0.3) is 0 Å². The molecule has 0 aromatic heterocycles. The molecule has 1 amide bonds. The van der Waals surface area contributed by atoms with Crippen LogP contribution < -0.4 is 5.32 Å². The quantitative estimate of drug-likeness (QED) is 0.796. The predicted molar refractivity (Wildman–Crippen MR) is 94.3 cm³/mol. The second-order valence-corrected chi connectivity index (χ2v) is 6.18. The van der Waals surface area contributed by atoms with E-state index in [0.717, 1.165) is 16.7 Å². The standard InChI is InChI=1S/C19H20ClNO2/c1-12-4-6-15(7-5-12)17(22)8-9-18(23)21-19-14(3)10-13(2)11-16(19)20/h4-7,10-11H,8-9H2,1-3H3,(H,21,23). The van der Waals surface area contributed by atoms with Crippen LogP contribution in [0.3, 0.4) is 0 Å². The van der Waals surface area contributed by atoms with Gasteiger partial charge < -0.3 is 5.32 Å². The van der Waals surface area contributed by atoms with Gasteiger partial charge in [-0.1, -0.05) is 47.5 Å². The molecule has 4 heteroatoms. The number of aryl methyl sites for hydroxylation is 3. The van der Waals surface area contributed by atoms with E-state index in [4.69, 9.17) is 11.6 Å². The van der Waals surface area contributed by atoms with E-state index in [2.05, 4.69) is 5.32 Å². The zero-order chi connectivity index (χ0) is 17.0. The number of hydrogen-bond donors (Lipinski definition) is 1. The van der Waals surface area contributed by atoms with E-state index in [-0.39, 0.29) is 24.5 Å². The highest BCUT2D eigenvalue weighted by molar-refractivity contribution is 6.34. The molecule has 2 rings (SSSR count). The lowest BCUT2D eigenvalue weighted by atomic mass is 10.0. The van der Waals surface area contributed by atoms with E-state index in [0.29, 0.717) is 16.3 Å². The first-order valence-corrected chi connectivity index (χ1v) is 7.91. The largest absolute Gasteiger partial charge is 0.325 e. The first-order chi connectivity index (χ1) is 10.9. The Balaban J connectivity index is 1.95. The number of benzene rings is 2. The molecule has 23 heavy (non-hydrogen) atoms. The molecule has 0 bridgehead atoms. The molecule has 2 aromatic rings. The summed E-state index contributed by atoms with van der Waals surface area (Å²) in [6.07, 6.45) is 0.313. The van der Waals surface area contributed by atoms with Gasteiger partial charge >= 0.3 is 0 Å². The maximum atomic E-state index is 12.1. The Kier molecular flexibility index (Phi) is 5.56. The zero-order valence-corrected chi connectivity index (χ0v) is 14.3. The fraction of sp³-hybridized carbons (Fsp3) is 0.263. The van der Waals surface area contributed by atoms with Gasteiger partial charge in [-0.25, -0.2) is 0 Å². The van der Waals surface area contributed by atoms with E-state index < -0.39 is 0 Å². The Labute approximate surface area is 141 Å². The van der Waals surface area contributed by atoms with Gasteiger partial charge in [0.25, 0.3) is 0 Å². The van der Waals surface area contributed by atoms with E-state index >= 15 is 0 Å². The summed E-state index contributed by atoms with van der Waals surface area (Å²) in [5.41, 5.74) is 4.30. The van der Waals surface area contributed by atoms with Crippen molar-refractivity contribution >= 4 is 29.0 Å². The molecule has 0 aliphatic heterocycles. The molecule has 3 nitrogen and oxygen atoms in total. The summed E-state index contributed by atoms with van der Waals surface area (Å²) >= 11 is 6.17. The van der Waals surface area contributed by atoms with Crippen molar-refractivity contribution in [3.8, 4) is 0 Å². The van der Waals surface area contributed by atoms with Crippen molar-refractivity contribution in [2.75, 3.05) is 5.32 Å². The second-order valence-electron chi connectivity index (χ2n) is 5.78. The molecule has 0 atom stereocenters. The van der Waals surface area contributed by atoms with Gasteiger partial charge in [-0.3, -0.25) is 9.59 Å². The molecule has 0 radical (unpaired) electrons. The summed E-state index contributed by atoms with van der Waals surface area (Å²) in [6.45, 7) is 5.81. The van der Waals surface area contributed by atoms with Crippen molar-refractivity contribution in [3.05, 3.63) is 63.7 Å². The monoisotopic (exact) mass is 329 g/mol. The fourth-order valence-corrected chi connectivity index (χ4v) is 2.76. The lowest BCUT2D eigenvalue weighted by Gasteiger charge is -2.11. The molecule has 0 spiro atoms. The van der Waals surface area contributed by atoms with Crippen LogP contribution in [0.4, 0.5) is 5.69 Å². The summed E-state index contributed by atoms with van der Waals surface area (Å²) in [4.78, 5) is 24.2. The summed E-state index contributed by atoms with van der Waals surface area (Å²) in [5, 5.41) is 3.31. The smallest absolute Gasteiger partial charge is 0.224 e. The van der Waals surface area contributed by atoms with Crippen LogP contribution in [0.1, 0.15) is 39.9 Å². The molecule has 1 N–H and O–H groups in total. The molecule has 120 valence electrons. The molecule has 0 unspecified atom stereocenters. The Morgan fingerprint density at radius 1 is 0.957 bits per heavy atom. The topological polar surface area (TPSA) is 46.2 Å². The molecular weight excluding hydrogens is 310 g/mol. The van der Waals surface area contributed by atoms with Crippen LogP contribution in [-0.4, -0.2) is 11.7 Å². The van der Waals surface area contributed by atoms with E-state index in [9.17, 15) is 9.59 Å². The second kappa shape index (κ2) is 7.42. The lowest BCUT2D eigenvalue weighted by Crippen LogP contribution is -2.14. The average molecular weight is 330 g/mol. The van der Waals surface area contributed by atoms with Crippen molar-refractivity contribution in [2.24, 2.45) is 0 Å². The predicted octanol–water partition coefficient (Wildman–Crippen LogP) is 4.87. The lowest BCUT2D eigenvalue weighted by molar-refractivity contribution is -0.116. The first kappa shape index (κ1) is 17.2. The minimum Gasteiger partial charge on any atom is -0.325 e. The maximum Gasteiger partial charge on any atom is 0.224 e. The number of rotatable bonds is 5. The number of carbonyl (C=O) groups excluding carboxylic acids is 2. The van der Waals surface area contributed by atoms with Crippen LogP contribution in [0.2, 0.25) is 5.02 Å². The number of anilines is 1. The molecule has 0 heterocycles. The Morgan fingerprint density at radius 3 is 2.22 bits per heavy atom. The molecule has 0 aliphatic rings. The van der Waals surface area contributed by atoms with Crippen molar-refractivity contribution in [1.82, 2.24) is 0 Å².